The van der Waals surface area contributed by atoms with E-state index in [1.807, 2.05) is 24.3 Å². The number of carboxylic acids is 1. The van der Waals surface area contributed by atoms with Gasteiger partial charge in [0.2, 0.25) is 0 Å². The van der Waals surface area contributed by atoms with E-state index in [0.29, 0.717) is 32.5 Å². The van der Waals surface area contributed by atoms with E-state index in [9.17, 15) is 14.7 Å². The molecule has 5 heteroatoms. The molecule has 0 bridgehead atoms. The lowest BCUT2D eigenvalue weighted by atomic mass is 9.94. The second-order valence-corrected chi connectivity index (χ2v) is 8.55. The third-order valence-electron chi connectivity index (χ3n) is 7.05. The zero-order valence-corrected chi connectivity index (χ0v) is 16.3. The Balaban J connectivity index is 1.25. The van der Waals surface area contributed by atoms with Crippen LogP contribution in [0.4, 0.5) is 4.79 Å². The van der Waals surface area contributed by atoms with Crippen molar-refractivity contribution in [3.63, 3.8) is 0 Å². The molecule has 2 atom stereocenters. The summed E-state index contributed by atoms with van der Waals surface area (Å²) in [6.07, 6.45) is 2.58. The Morgan fingerprint density at radius 1 is 1.03 bits per heavy atom. The fourth-order valence-corrected chi connectivity index (χ4v) is 5.31. The van der Waals surface area contributed by atoms with E-state index in [4.69, 9.17) is 4.74 Å². The minimum absolute atomic E-state index is 0.0594. The SMILES string of the molecule is O=C(OCC1c2ccccc2-c2ccccc21)N1CCCC2(C(=O)O)CC2CC1. The molecular formula is C24H25NO4. The first-order valence-corrected chi connectivity index (χ1v) is 10.4. The number of hydrogen-bond acceptors (Lipinski definition) is 3. The van der Waals surface area contributed by atoms with Crippen molar-refractivity contribution < 1.29 is 19.4 Å². The number of carbonyl (C=O) groups excluding carboxylic acids is 1. The van der Waals surface area contributed by atoms with Crippen LogP contribution in [0.5, 0.6) is 0 Å². The molecule has 0 radical (unpaired) electrons. The molecule has 2 unspecified atom stereocenters. The number of amides is 1. The number of ether oxygens (including phenoxy) is 1. The van der Waals surface area contributed by atoms with Crippen molar-refractivity contribution >= 4 is 12.1 Å². The lowest BCUT2D eigenvalue weighted by Crippen LogP contribution is -2.36. The van der Waals surface area contributed by atoms with Crippen LogP contribution in [0.1, 0.15) is 42.7 Å². The van der Waals surface area contributed by atoms with Gasteiger partial charge in [0.1, 0.15) is 6.61 Å². The first-order chi connectivity index (χ1) is 14.1. The van der Waals surface area contributed by atoms with Gasteiger partial charge in [-0.15, -0.1) is 0 Å². The Hall–Kier alpha value is -2.82. The largest absolute Gasteiger partial charge is 0.481 e. The highest BCUT2D eigenvalue weighted by Crippen LogP contribution is 2.58. The van der Waals surface area contributed by atoms with Crippen molar-refractivity contribution in [3.8, 4) is 11.1 Å². The highest BCUT2D eigenvalue weighted by Gasteiger charge is 2.59. The minimum atomic E-state index is -0.669. The maximum atomic E-state index is 12.8. The molecule has 5 rings (SSSR count). The van der Waals surface area contributed by atoms with Crippen LogP contribution in [-0.4, -0.2) is 41.8 Å². The number of carbonyl (C=O) groups is 2. The highest BCUT2D eigenvalue weighted by atomic mass is 16.6. The molecule has 2 aliphatic carbocycles. The third kappa shape index (κ3) is 3.00. The Morgan fingerprint density at radius 2 is 1.69 bits per heavy atom. The Morgan fingerprint density at radius 3 is 2.34 bits per heavy atom. The zero-order valence-electron chi connectivity index (χ0n) is 16.3. The molecule has 1 amide bonds. The van der Waals surface area contributed by atoms with Gasteiger partial charge in [0.15, 0.2) is 0 Å². The van der Waals surface area contributed by atoms with E-state index in [1.54, 1.807) is 4.90 Å². The summed E-state index contributed by atoms with van der Waals surface area (Å²) in [5, 5.41) is 9.49. The number of carboxylic acid groups (broad SMARTS) is 1. The van der Waals surface area contributed by atoms with Crippen LogP contribution in [-0.2, 0) is 9.53 Å². The Kier molecular flexibility index (Phi) is 4.34. The summed E-state index contributed by atoms with van der Waals surface area (Å²) in [4.78, 5) is 26.1. The number of hydrogen-bond donors (Lipinski definition) is 1. The summed E-state index contributed by atoms with van der Waals surface area (Å²) >= 11 is 0. The van der Waals surface area contributed by atoms with E-state index in [1.165, 1.54) is 22.3 Å². The van der Waals surface area contributed by atoms with Gasteiger partial charge in [-0.25, -0.2) is 4.79 Å². The van der Waals surface area contributed by atoms with Gasteiger partial charge in [-0.1, -0.05) is 48.5 Å². The average Bonchev–Trinajstić information content (AvgIpc) is 3.32. The van der Waals surface area contributed by atoms with Gasteiger partial charge in [-0.3, -0.25) is 4.79 Å². The van der Waals surface area contributed by atoms with Gasteiger partial charge in [0, 0.05) is 19.0 Å². The molecule has 1 aliphatic heterocycles. The van der Waals surface area contributed by atoms with Gasteiger partial charge in [-0.2, -0.15) is 0 Å². The normalized spacial score (nSPS) is 25.2. The van der Waals surface area contributed by atoms with Gasteiger partial charge in [0.25, 0.3) is 0 Å². The first-order valence-electron chi connectivity index (χ1n) is 10.4. The highest BCUT2D eigenvalue weighted by molar-refractivity contribution is 5.79. The summed E-state index contributed by atoms with van der Waals surface area (Å²) < 4.78 is 5.77. The Bertz CT molecular complexity index is 925. The maximum absolute atomic E-state index is 12.8. The van der Waals surface area contributed by atoms with Crippen LogP contribution in [0.15, 0.2) is 48.5 Å². The molecular weight excluding hydrogens is 366 g/mol. The Labute approximate surface area is 170 Å². The molecule has 1 saturated carbocycles. The fraction of sp³-hybridized carbons (Fsp3) is 0.417. The third-order valence-corrected chi connectivity index (χ3v) is 7.05. The lowest BCUT2D eigenvalue weighted by Gasteiger charge is -2.26. The number of aliphatic carboxylic acids is 1. The first kappa shape index (κ1) is 18.2. The van der Waals surface area contributed by atoms with Crippen molar-refractivity contribution in [3.05, 3.63) is 59.7 Å². The van der Waals surface area contributed by atoms with Crippen LogP contribution in [0.3, 0.4) is 0 Å². The van der Waals surface area contributed by atoms with E-state index in [0.717, 1.165) is 12.8 Å². The van der Waals surface area contributed by atoms with Crippen molar-refractivity contribution in [2.24, 2.45) is 11.3 Å². The molecule has 0 spiro atoms. The molecule has 2 aromatic rings. The molecule has 150 valence electrons. The minimum Gasteiger partial charge on any atom is -0.481 e. The van der Waals surface area contributed by atoms with Gasteiger partial charge < -0.3 is 14.7 Å². The van der Waals surface area contributed by atoms with Gasteiger partial charge in [0.05, 0.1) is 5.41 Å². The fourth-order valence-electron chi connectivity index (χ4n) is 5.31. The van der Waals surface area contributed by atoms with Crippen LogP contribution >= 0.6 is 0 Å². The van der Waals surface area contributed by atoms with E-state index in [2.05, 4.69) is 24.3 Å². The van der Waals surface area contributed by atoms with Crippen molar-refractivity contribution in [1.82, 2.24) is 4.90 Å². The predicted molar refractivity (Wildman–Crippen MR) is 109 cm³/mol. The molecule has 2 fully saturated rings. The summed E-state index contributed by atoms with van der Waals surface area (Å²) in [5.41, 5.74) is 4.33. The average molecular weight is 391 g/mol. The smallest absolute Gasteiger partial charge is 0.409 e. The van der Waals surface area contributed by atoms with E-state index < -0.39 is 11.4 Å². The summed E-state index contributed by atoms with van der Waals surface area (Å²) in [7, 11) is 0. The van der Waals surface area contributed by atoms with Crippen LogP contribution < -0.4 is 0 Å². The molecule has 2 aromatic carbocycles. The lowest BCUT2D eigenvalue weighted by molar-refractivity contribution is -0.144. The molecule has 1 N–H and O–H groups in total. The molecule has 1 saturated heterocycles. The van der Waals surface area contributed by atoms with Crippen molar-refractivity contribution in [2.45, 2.75) is 31.6 Å². The standard InChI is InChI=1S/C24H25NO4/c26-22(27)24-11-5-12-25(13-10-16(24)14-24)23(28)29-15-21-19-8-3-1-6-17(19)18-7-2-4-9-20(18)21/h1-4,6-9,16,21H,5,10-15H2,(H,26,27). The maximum Gasteiger partial charge on any atom is 0.409 e. The number of likely N-dealkylation sites (tertiary alicyclic amines) is 1. The number of benzene rings is 2. The van der Waals surface area contributed by atoms with Crippen LogP contribution in [0.2, 0.25) is 0 Å². The summed E-state index contributed by atoms with van der Waals surface area (Å²) in [5.74, 6) is -0.412. The van der Waals surface area contributed by atoms with E-state index >= 15 is 0 Å². The molecule has 0 aromatic heterocycles. The van der Waals surface area contributed by atoms with Crippen molar-refractivity contribution in [1.29, 1.82) is 0 Å². The molecule has 5 nitrogen and oxygen atoms in total. The van der Waals surface area contributed by atoms with E-state index in [-0.39, 0.29) is 17.9 Å². The van der Waals surface area contributed by atoms with Gasteiger partial charge in [-0.05, 0) is 53.9 Å². The number of fused-ring (bicyclic) bond motifs is 4. The summed E-state index contributed by atoms with van der Waals surface area (Å²) in [6, 6.07) is 16.6. The number of rotatable bonds is 3. The van der Waals surface area contributed by atoms with Crippen molar-refractivity contribution in [2.75, 3.05) is 19.7 Å². The van der Waals surface area contributed by atoms with Crippen LogP contribution in [0, 0.1) is 11.3 Å². The topological polar surface area (TPSA) is 66.8 Å². The molecule has 3 aliphatic rings. The predicted octanol–water partition coefficient (Wildman–Crippen LogP) is 4.51. The van der Waals surface area contributed by atoms with Crippen LogP contribution in [0.25, 0.3) is 11.1 Å². The molecule has 1 heterocycles. The number of nitrogens with zero attached hydrogens (tertiary/aromatic N) is 1. The quantitative estimate of drug-likeness (QED) is 0.836. The zero-order chi connectivity index (χ0) is 20.0. The summed E-state index contributed by atoms with van der Waals surface area (Å²) in [6.45, 7) is 1.47. The molecule has 29 heavy (non-hydrogen) atoms. The second kappa shape index (κ2) is 6.90. The second-order valence-electron chi connectivity index (χ2n) is 8.55. The van der Waals surface area contributed by atoms with Gasteiger partial charge >= 0.3 is 12.1 Å². The monoisotopic (exact) mass is 391 g/mol.